The molecule has 1 aliphatic heterocycles. The molecule has 0 fully saturated rings. The van der Waals surface area contributed by atoms with Crippen molar-refractivity contribution in [3.8, 4) is 0 Å². The minimum atomic E-state index is 0.646. The minimum absolute atomic E-state index is 0.646. The minimum Gasteiger partial charge on any atom is -0.366 e. The molecule has 1 rings (SSSR count). The lowest BCUT2D eigenvalue weighted by Gasteiger charge is -2.10. The molecule has 0 aromatic rings. The van der Waals surface area contributed by atoms with Gasteiger partial charge in [-0.1, -0.05) is 25.6 Å². The molecule has 1 aliphatic rings. The van der Waals surface area contributed by atoms with Gasteiger partial charge in [0.2, 0.25) is 0 Å². The Kier molecular flexibility index (Phi) is 2.22. The smallest absolute Gasteiger partial charge is 0.0107 e. The Morgan fingerprint density at radius 2 is 2.33 bits per heavy atom. The van der Waals surface area contributed by atoms with Crippen molar-refractivity contribution in [1.82, 2.24) is 5.32 Å². The molecule has 0 spiro atoms. The van der Waals surface area contributed by atoms with Crippen molar-refractivity contribution in [2.24, 2.45) is 5.92 Å². The molecule has 0 amide bonds. The van der Waals surface area contributed by atoms with Gasteiger partial charge >= 0.3 is 0 Å². The normalized spacial score (nSPS) is 17.4. The summed E-state index contributed by atoms with van der Waals surface area (Å²) in [7, 11) is 0. The van der Waals surface area contributed by atoms with Crippen LogP contribution in [0.1, 0.15) is 13.8 Å². The van der Waals surface area contributed by atoms with Crippen LogP contribution in [0.3, 0.4) is 0 Å². The second-order valence-corrected chi connectivity index (χ2v) is 3.27. The molecule has 0 aromatic heterocycles. The molecule has 2 heteroatoms. The van der Waals surface area contributed by atoms with Crippen molar-refractivity contribution in [3.63, 3.8) is 0 Å². The number of allylic oxidation sites excluding steroid dienone is 1. The van der Waals surface area contributed by atoms with Crippen LogP contribution in [0, 0.1) is 5.92 Å². The van der Waals surface area contributed by atoms with E-state index >= 15 is 0 Å². The summed E-state index contributed by atoms with van der Waals surface area (Å²) in [6.45, 7) is 4.39. The Labute approximate surface area is 60.2 Å². The van der Waals surface area contributed by atoms with E-state index in [1.54, 1.807) is 11.8 Å². The number of rotatable bonds is 1. The second kappa shape index (κ2) is 2.97. The number of hydrogen-bond acceptors (Lipinski definition) is 2. The molecule has 9 heavy (non-hydrogen) atoms. The highest BCUT2D eigenvalue weighted by atomic mass is 32.2. The van der Waals surface area contributed by atoms with Crippen molar-refractivity contribution in [2.75, 3.05) is 0 Å². The second-order valence-electron chi connectivity index (χ2n) is 2.29. The molecular formula is C7H11NS. The van der Waals surface area contributed by atoms with E-state index in [9.17, 15) is 0 Å². The number of nitrogens with one attached hydrogen (secondary N) is 1. The standard InChI is InChI=1S/C7H11NS/c1-6(2)7-5-8-3-4-9-7/h3-6,8H,1-2H3. The van der Waals surface area contributed by atoms with Gasteiger partial charge in [0, 0.05) is 17.3 Å². The SMILES string of the molecule is CC(C)C1=CNC=CS1. The van der Waals surface area contributed by atoms with Crippen molar-refractivity contribution in [3.05, 3.63) is 22.7 Å². The highest BCUT2D eigenvalue weighted by molar-refractivity contribution is 8.05. The molecule has 0 atom stereocenters. The average Bonchev–Trinajstić information content (AvgIpc) is 1.90. The molecule has 50 valence electrons. The average molecular weight is 141 g/mol. The zero-order valence-electron chi connectivity index (χ0n) is 5.72. The van der Waals surface area contributed by atoms with E-state index in [0.717, 1.165) is 0 Å². The van der Waals surface area contributed by atoms with Gasteiger partial charge in [0.05, 0.1) is 0 Å². The Hall–Kier alpha value is -0.370. The Balaban J connectivity index is 2.50. The van der Waals surface area contributed by atoms with Crippen molar-refractivity contribution >= 4 is 11.8 Å². The van der Waals surface area contributed by atoms with E-state index in [-0.39, 0.29) is 0 Å². The maximum absolute atomic E-state index is 3.05. The molecule has 0 bridgehead atoms. The first-order chi connectivity index (χ1) is 4.30. The van der Waals surface area contributed by atoms with Gasteiger partial charge in [0.1, 0.15) is 0 Å². The summed E-state index contributed by atoms with van der Waals surface area (Å²) >= 11 is 1.79. The lowest BCUT2D eigenvalue weighted by atomic mass is 10.2. The van der Waals surface area contributed by atoms with Crippen LogP contribution in [-0.2, 0) is 0 Å². The Bertz CT molecular complexity index is 147. The number of hydrogen-bond donors (Lipinski definition) is 1. The van der Waals surface area contributed by atoms with E-state index in [4.69, 9.17) is 0 Å². The van der Waals surface area contributed by atoms with Gasteiger partial charge in [0.25, 0.3) is 0 Å². The third-order valence-electron chi connectivity index (χ3n) is 1.16. The monoisotopic (exact) mass is 141 g/mol. The van der Waals surface area contributed by atoms with Gasteiger partial charge in [0.15, 0.2) is 0 Å². The summed E-state index contributed by atoms with van der Waals surface area (Å²) in [4.78, 5) is 1.40. The van der Waals surface area contributed by atoms with Crippen molar-refractivity contribution in [1.29, 1.82) is 0 Å². The molecule has 0 aromatic carbocycles. The van der Waals surface area contributed by atoms with Gasteiger partial charge in [-0.2, -0.15) is 0 Å². The molecule has 0 unspecified atom stereocenters. The van der Waals surface area contributed by atoms with Gasteiger partial charge in [-0.15, -0.1) is 0 Å². The van der Waals surface area contributed by atoms with Crippen LogP contribution in [0.2, 0.25) is 0 Å². The zero-order chi connectivity index (χ0) is 6.69. The third kappa shape index (κ3) is 1.79. The lowest BCUT2D eigenvalue weighted by molar-refractivity contribution is 0.808. The van der Waals surface area contributed by atoms with Gasteiger partial charge in [-0.3, -0.25) is 0 Å². The summed E-state index contributed by atoms with van der Waals surface area (Å²) in [6, 6.07) is 0. The summed E-state index contributed by atoms with van der Waals surface area (Å²) in [5.41, 5.74) is 0. The predicted octanol–water partition coefficient (Wildman–Crippen LogP) is 2.29. The van der Waals surface area contributed by atoms with Crippen LogP contribution in [0.25, 0.3) is 0 Å². The van der Waals surface area contributed by atoms with Gasteiger partial charge in [-0.05, 0) is 11.3 Å². The summed E-state index contributed by atoms with van der Waals surface area (Å²) < 4.78 is 0. The van der Waals surface area contributed by atoms with Crippen LogP contribution >= 0.6 is 11.8 Å². The van der Waals surface area contributed by atoms with Crippen LogP contribution in [0.5, 0.6) is 0 Å². The summed E-state index contributed by atoms with van der Waals surface area (Å²) in [5.74, 6) is 0.646. The lowest BCUT2D eigenvalue weighted by Crippen LogP contribution is -2.01. The molecule has 1 N–H and O–H groups in total. The molecular weight excluding hydrogens is 130 g/mol. The maximum Gasteiger partial charge on any atom is 0.0107 e. The van der Waals surface area contributed by atoms with E-state index in [1.807, 2.05) is 6.20 Å². The molecule has 0 saturated heterocycles. The van der Waals surface area contributed by atoms with E-state index in [1.165, 1.54) is 4.91 Å². The molecule has 0 radical (unpaired) electrons. The molecule has 1 heterocycles. The number of thioether (sulfide) groups is 1. The fourth-order valence-electron chi connectivity index (χ4n) is 0.619. The Morgan fingerprint density at radius 3 is 2.67 bits per heavy atom. The predicted molar refractivity (Wildman–Crippen MR) is 42.8 cm³/mol. The first kappa shape index (κ1) is 6.75. The van der Waals surface area contributed by atoms with E-state index < -0.39 is 0 Å². The highest BCUT2D eigenvalue weighted by Gasteiger charge is 2.02. The largest absolute Gasteiger partial charge is 0.366 e. The fourth-order valence-corrected chi connectivity index (χ4v) is 1.33. The first-order valence-electron chi connectivity index (χ1n) is 3.08. The van der Waals surface area contributed by atoms with Crippen LogP contribution in [0.15, 0.2) is 22.7 Å². The molecule has 1 nitrogen and oxygen atoms in total. The summed E-state index contributed by atoms with van der Waals surface area (Å²) in [6.07, 6.45) is 3.99. The third-order valence-corrected chi connectivity index (χ3v) is 2.30. The van der Waals surface area contributed by atoms with E-state index in [0.29, 0.717) is 5.92 Å². The Morgan fingerprint density at radius 1 is 1.56 bits per heavy atom. The van der Waals surface area contributed by atoms with Crippen molar-refractivity contribution in [2.45, 2.75) is 13.8 Å². The van der Waals surface area contributed by atoms with Crippen LogP contribution < -0.4 is 5.32 Å². The fraction of sp³-hybridized carbons (Fsp3) is 0.429. The zero-order valence-corrected chi connectivity index (χ0v) is 6.53. The summed E-state index contributed by atoms with van der Waals surface area (Å²) in [5, 5.41) is 5.12. The highest BCUT2D eigenvalue weighted by Crippen LogP contribution is 2.25. The van der Waals surface area contributed by atoms with Crippen molar-refractivity contribution < 1.29 is 0 Å². The molecule has 0 saturated carbocycles. The first-order valence-corrected chi connectivity index (χ1v) is 3.96. The van der Waals surface area contributed by atoms with Gasteiger partial charge < -0.3 is 5.32 Å². The van der Waals surface area contributed by atoms with Crippen LogP contribution in [-0.4, -0.2) is 0 Å². The van der Waals surface area contributed by atoms with E-state index in [2.05, 4.69) is 30.8 Å². The van der Waals surface area contributed by atoms with Gasteiger partial charge in [-0.25, -0.2) is 0 Å². The topological polar surface area (TPSA) is 12.0 Å². The molecule has 0 aliphatic carbocycles. The quantitative estimate of drug-likeness (QED) is 0.601. The maximum atomic E-state index is 3.05. The van der Waals surface area contributed by atoms with Crippen LogP contribution in [0.4, 0.5) is 0 Å².